The topological polar surface area (TPSA) is 0 Å². The average molecular weight is 483 g/mol. The molecule has 2 aliphatic rings. The Kier molecular flexibility index (Phi) is 6.71. The molecule has 0 nitrogen and oxygen atoms in total. The molecule has 3 aromatic carbocycles. The molecule has 3 aromatic rings. The fraction of sp³-hybridized carbons (Fsp3) is 0.0800. The van der Waals surface area contributed by atoms with Crippen molar-refractivity contribution in [2.75, 3.05) is 0 Å². The van der Waals surface area contributed by atoms with Gasteiger partial charge in [0.1, 0.15) is 0 Å². The molecular weight excluding hydrogens is 462 g/mol. The van der Waals surface area contributed by atoms with Gasteiger partial charge in [0.25, 0.3) is 0 Å². The van der Waals surface area contributed by atoms with Crippen LogP contribution in [-0.4, -0.2) is 4.21 Å². The zero-order chi connectivity index (χ0) is 17.5. The van der Waals surface area contributed by atoms with E-state index in [1.165, 1.54) is 27.8 Å². The molecule has 0 saturated heterocycles. The van der Waals surface area contributed by atoms with E-state index in [9.17, 15) is 0 Å². The fourth-order valence-corrected chi connectivity index (χ4v) is 9.46. The van der Waals surface area contributed by atoms with Crippen LogP contribution in [0.1, 0.15) is 17.5 Å². The second-order valence-corrected chi connectivity index (χ2v) is 12.2. The molecule has 28 heavy (non-hydrogen) atoms. The average Bonchev–Trinajstić information content (AvgIpc) is 3.35. The smallest absolute Gasteiger partial charge is 1.00 e. The molecule has 0 aromatic heterocycles. The van der Waals surface area contributed by atoms with E-state index < -0.39 is 21.3 Å². The van der Waals surface area contributed by atoms with Gasteiger partial charge in [0.05, 0.1) is 0 Å². The van der Waals surface area contributed by atoms with Gasteiger partial charge >= 0.3 is 163 Å². The summed E-state index contributed by atoms with van der Waals surface area (Å²) in [5, 5.41) is 0. The first kappa shape index (κ1) is 21.2. The molecule has 0 fully saturated rings. The summed E-state index contributed by atoms with van der Waals surface area (Å²) < 4.78 is 8.01. The number of hydrogen-bond acceptors (Lipinski definition) is 0. The van der Waals surface area contributed by atoms with Gasteiger partial charge in [0.2, 0.25) is 0 Å². The molecule has 5 rings (SSSR count). The summed E-state index contributed by atoms with van der Waals surface area (Å²) in [6.07, 6.45) is 8.98. The van der Waals surface area contributed by atoms with E-state index in [-0.39, 0.29) is 24.8 Å². The van der Waals surface area contributed by atoms with E-state index in [0.29, 0.717) is 0 Å². The van der Waals surface area contributed by atoms with Gasteiger partial charge in [0, 0.05) is 0 Å². The van der Waals surface area contributed by atoms with E-state index in [0.717, 1.165) is 12.8 Å². The Morgan fingerprint density at radius 2 is 1.46 bits per heavy atom. The molecule has 0 spiro atoms. The predicted octanol–water partition coefficient (Wildman–Crippen LogP) is -0.548. The van der Waals surface area contributed by atoms with Crippen molar-refractivity contribution in [3.63, 3.8) is 0 Å². The first-order valence-corrected chi connectivity index (χ1v) is 13.4. The van der Waals surface area contributed by atoms with Crippen molar-refractivity contribution in [2.24, 2.45) is 0 Å². The van der Waals surface area contributed by atoms with Crippen LogP contribution in [0.25, 0.3) is 22.3 Å². The molecule has 0 atom stereocenters. The Bertz CT molecular complexity index is 1090. The second-order valence-electron chi connectivity index (χ2n) is 7.02. The van der Waals surface area contributed by atoms with Crippen LogP contribution in [0.3, 0.4) is 0 Å². The second kappa shape index (κ2) is 8.87. The van der Waals surface area contributed by atoms with Crippen LogP contribution in [-0.2, 0) is 27.7 Å². The molecule has 0 N–H and O–H groups in total. The van der Waals surface area contributed by atoms with Crippen LogP contribution in [0.2, 0.25) is 0 Å². The third-order valence-corrected chi connectivity index (χ3v) is 11.2. The number of halogens is 2. The third-order valence-electron chi connectivity index (χ3n) is 5.53. The summed E-state index contributed by atoms with van der Waals surface area (Å²) in [6.45, 7) is 0. The monoisotopic (exact) mass is 480 g/mol. The first-order valence-electron chi connectivity index (χ1n) is 9.18. The Morgan fingerprint density at radius 3 is 2.21 bits per heavy atom. The molecule has 0 bridgehead atoms. The molecule has 3 heteroatoms. The largest absolute Gasteiger partial charge is 1.00 e. The Labute approximate surface area is 187 Å². The maximum Gasteiger partial charge on any atom is -1.00 e. The minimum absolute atomic E-state index is 0. The van der Waals surface area contributed by atoms with Crippen molar-refractivity contribution < 1.29 is 46.1 Å². The van der Waals surface area contributed by atoms with Crippen LogP contribution in [0.5, 0.6) is 0 Å². The van der Waals surface area contributed by atoms with Crippen LogP contribution >= 0.6 is 0 Å². The molecule has 138 valence electrons. The van der Waals surface area contributed by atoms with E-state index in [1.807, 2.05) is 0 Å². The minimum atomic E-state index is -2.13. The number of fused-ring (bicyclic) bond motifs is 3. The van der Waals surface area contributed by atoms with Gasteiger partial charge in [-0.1, -0.05) is 0 Å². The Morgan fingerprint density at radius 1 is 0.750 bits per heavy atom. The molecule has 0 saturated carbocycles. The molecule has 0 heterocycles. The van der Waals surface area contributed by atoms with Gasteiger partial charge in [-0.15, -0.1) is 0 Å². The van der Waals surface area contributed by atoms with E-state index in [4.69, 9.17) is 4.21 Å². The fourth-order valence-electron chi connectivity index (χ4n) is 4.25. The summed E-state index contributed by atoms with van der Waals surface area (Å²) in [5.41, 5.74) is 8.60. The normalized spacial score (nSPS) is 12.8. The summed E-state index contributed by atoms with van der Waals surface area (Å²) >= 11 is -2.13. The molecule has 0 amide bonds. The van der Waals surface area contributed by atoms with Crippen molar-refractivity contribution in [1.82, 2.24) is 0 Å². The summed E-state index contributed by atoms with van der Waals surface area (Å²) in [5.74, 6) is 0. The molecule has 0 aliphatic heterocycles. The van der Waals surface area contributed by atoms with Crippen LogP contribution < -0.4 is 28.1 Å². The van der Waals surface area contributed by atoms with Gasteiger partial charge in [0.15, 0.2) is 0 Å². The van der Waals surface area contributed by atoms with E-state index in [2.05, 4.69) is 85.0 Å². The number of benzene rings is 3. The zero-order valence-corrected chi connectivity index (χ0v) is 19.4. The van der Waals surface area contributed by atoms with Crippen molar-refractivity contribution in [2.45, 2.75) is 12.8 Å². The summed E-state index contributed by atoms with van der Waals surface area (Å²) in [4.78, 5) is 0. The standard InChI is InChI=1S/C19H13.C5H5.CH2.2ClH.Zr/c1-2-6-14(7-3-1)15-10-11-19-17(12-15)13-16-8-4-5-9-18(16)19;1-2-4-5-3-1;;;;/h1-11H,13H2;1-3H,4H2;1H2;2*1H;/q;;;;;+2/p-2. The third kappa shape index (κ3) is 3.57. The Balaban J connectivity index is 0.00000112. The predicted molar refractivity (Wildman–Crippen MR) is 109 cm³/mol. The number of rotatable bonds is 3. The van der Waals surface area contributed by atoms with Crippen LogP contribution in [0.15, 0.2) is 88.2 Å². The van der Waals surface area contributed by atoms with Crippen LogP contribution in [0, 0.1) is 0 Å². The van der Waals surface area contributed by atoms with Gasteiger partial charge in [-0.2, -0.15) is 0 Å². The van der Waals surface area contributed by atoms with Crippen molar-refractivity contribution in [1.29, 1.82) is 0 Å². The number of hydrogen-bond donors (Lipinski definition) is 0. The van der Waals surface area contributed by atoms with Gasteiger partial charge in [-0.25, -0.2) is 0 Å². The van der Waals surface area contributed by atoms with Crippen molar-refractivity contribution >= 4 is 7.48 Å². The molecule has 2 aliphatic carbocycles. The van der Waals surface area contributed by atoms with Gasteiger partial charge in [-0.05, 0) is 0 Å². The maximum absolute atomic E-state index is 4.81. The quantitative estimate of drug-likeness (QED) is 0.368. The summed E-state index contributed by atoms with van der Waals surface area (Å²) in [6, 6.07) is 24.4. The zero-order valence-electron chi connectivity index (χ0n) is 15.5. The van der Waals surface area contributed by atoms with E-state index >= 15 is 0 Å². The SMILES string of the molecule is [CH2]=[Zr+2]([C]1=CC=CC1)[c]1c(-c2ccccc2)ccc2c1Cc1ccccc1-2.[Cl-].[Cl-]. The molecule has 0 unspecified atom stereocenters. The minimum Gasteiger partial charge on any atom is -1.00 e. The maximum atomic E-state index is 4.81. The van der Waals surface area contributed by atoms with Crippen molar-refractivity contribution in [3.8, 4) is 22.3 Å². The Hall–Kier alpha value is -1.53. The van der Waals surface area contributed by atoms with Gasteiger partial charge < -0.3 is 24.8 Å². The molecular formula is C25H20Cl2Zr. The molecule has 0 radical (unpaired) electrons. The first-order chi connectivity index (χ1) is 12.8. The van der Waals surface area contributed by atoms with E-state index in [1.54, 1.807) is 12.1 Å². The van der Waals surface area contributed by atoms with Crippen LogP contribution in [0.4, 0.5) is 0 Å². The number of allylic oxidation sites excluding steroid dienone is 4. The van der Waals surface area contributed by atoms with Crippen molar-refractivity contribution in [3.05, 3.63) is 99.4 Å². The van der Waals surface area contributed by atoms with Gasteiger partial charge in [-0.3, -0.25) is 0 Å². The summed E-state index contributed by atoms with van der Waals surface area (Å²) in [7, 11) is 0.